The molecule has 9 nitrogen and oxygen atoms in total. The van der Waals surface area contributed by atoms with Crippen LogP contribution in [0.1, 0.15) is 55.3 Å². The molecule has 0 spiro atoms. The second kappa shape index (κ2) is 10.4. The molecule has 1 aromatic carbocycles. The lowest BCUT2D eigenvalue weighted by molar-refractivity contribution is 0.0517. The van der Waals surface area contributed by atoms with E-state index in [0.29, 0.717) is 49.7 Å². The predicted molar refractivity (Wildman–Crippen MR) is 119 cm³/mol. The average Bonchev–Trinajstić information content (AvgIpc) is 3.23. The molecule has 32 heavy (non-hydrogen) atoms. The summed E-state index contributed by atoms with van der Waals surface area (Å²) < 4.78 is 45.3. The van der Waals surface area contributed by atoms with Gasteiger partial charge in [0, 0.05) is 24.8 Å². The van der Waals surface area contributed by atoms with Crippen molar-refractivity contribution in [1.82, 2.24) is 14.1 Å². The van der Waals surface area contributed by atoms with Crippen molar-refractivity contribution in [3.05, 3.63) is 35.7 Å². The van der Waals surface area contributed by atoms with Crippen LogP contribution in [-0.2, 0) is 21.2 Å². The fraction of sp³-hybridized carbons (Fsp3) is 0.545. The smallest absolute Gasteiger partial charge is 0.358 e. The molecule has 1 aliphatic rings. The topological polar surface area (TPSA) is 100.0 Å². The maximum absolute atomic E-state index is 13.2. The molecule has 10 heteroatoms. The highest BCUT2D eigenvalue weighted by Crippen LogP contribution is 2.33. The SMILES string of the molecule is CCCc1cc(C(=O)OCC)nn1C1CCN(S(=O)(=O)c2ccc(OC)c(OC)c2)CC1. The van der Waals surface area contributed by atoms with Gasteiger partial charge in [0.15, 0.2) is 17.2 Å². The molecule has 0 radical (unpaired) electrons. The first-order valence-corrected chi connectivity index (χ1v) is 12.3. The summed E-state index contributed by atoms with van der Waals surface area (Å²) >= 11 is 0. The Bertz CT molecular complexity index is 1040. The standard InChI is InChI=1S/C22H31N3O6S/c1-5-7-17-14-19(22(26)31-6-2)23-25(17)16-10-12-24(13-11-16)32(27,28)18-8-9-20(29-3)21(15-18)30-4/h8-9,14-16H,5-7,10-13H2,1-4H3. The minimum atomic E-state index is -3.67. The van der Waals surface area contributed by atoms with E-state index in [0.717, 1.165) is 18.5 Å². The number of ether oxygens (including phenoxy) is 3. The molecule has 0 atom stereocenters. The van der Waals surface area contributed by atoms with Crippen LogP contribution < -0.4 is 9.47 Å². The second-order valence-corrected chi connectivity index (χ2v) is 9.53. The molecule has 3 rings (SSSR count). The molecule has 0 unspecified atom stereocenters. The van der Waals surface area contributed by atoms with Crippen LogP contribution >= 0.6 is 0 Å². The van der Waals surface area contributed by atoms with E-state index in [4.69, 9.17) is 14.2 Å². The van der Waals surface area contributed by atoms with Crippen molar-refractivity contribution in [2.75, 3.05) is 33.9 Å². The van der Waals surface area contributed by atoms with E-state index < -0.39 is 16.0 Å². The van der Waals surface area contributed by atoms with Crippen LogP contribution in [0, 0.1) is 0 Å². The third kappa shape index (κ3) is 4.91. The van der Waals surface area contributed by atoms with E-state index in [9.17, 15) is 13.2 Å². The fourth-order valence-electron chi connectivity index (χ4n) is 3.95. The van der Waals surface area contributed by atoms with Gasteiger partial charge in [-0.15, -0.1) is 0 Å². The van der Waals surface area contributed by atoms with Crippen LogP contribution in [0.2, 0.25) is 0 Å². The Morgan fingerprint density at radius 2 is 1.78 bits per heavy atom. The van der Waals surface area contributed by atoms with Crippen molar-refractivity contribution >= 4 is 16.0 Å². The maximum Gasteiger partial charge on any atom is 0.358 e. The molecule has 0 bridgehead atoms. The van der Waals surface area contributed by atoms with Crippen LogP contribution in [0.25, 0.3) is 0 Å². The second-order valence-electron chi connectivity index (χ2n) is 7.59. The zero-order chi connectivity index (χ0) is 23.3. The molecule has 1 aromatic heterocycles. The van der Waals surface area contributed by atoms with E-state index in [2.05, 4.69) is 12.0 Å². The van der Waals surface area contributed by atoms with Gasteiger partial charge >= 0.3 is 5.97 Å². The number of aromatic nitrogens is 2. The van der Waals surface area contributed by atoms with Crippen LogP contribution in [0.3, 0.4) is 0 Å². The summed E-state index contributed by atoms with van der Waals surface area (Å²) in [6.45, 7) is 4.85. The van der Waals surface area contributed by atoms with Gasteiger partial charge in [0.05, 0.1) is 31.8 Å². The van der Waals surface area contributed by atoms with Crippen molar-refractivity contribution < 1.29 is 27.4 Å². The Balaban J connectivity index is 1.77. The van der Waals surface area contributed by atoms with Gasteiger partial charge in [-0.05, 0) is 44.4 Å². The Kier molecular flexibility index (Phi) is 7.78. The largest absolute Gasteiger partial charge is 0.493 e. The number of hydrogen-bond acceptors (Lipinski definition) is 7. The normalized spacial score (nSPS) is 15.5. The van der Waals surface area contributed by atoms with Crippen LogP contribution in [0.4, 0.5) is 0 Å². The van der Waals surface area contributed by atoms with Crippen molar-refractivity contribution in [2.24, 2.45) is 0 Å². The van der Waals surface area contributed by atoms with E-state index in [1.807, 2.05) is 4.68 Å². The van der Waals surface area contributed by atoms with Crippen LogP contribution in [0.15, 0.2) is 29.2 Å². The quantitative estimate of drug-likeness (QED) is 0.525. The molecular weight excluding hydrogens is 434 g/mol. The highest BCUT2D eigenvalue weighted by atomic mass is 32.2. The number of sulfonamides is 1. The van der Waals surface area contributed by atoms with E-state index in [-0.39, 0.29) is 10.9 Å². The number of piperidine rings is 1. The highest BCUT2D eigenvalue weighted by molar-refractivity contribution is 7.89. The van der Waals surface area contributed by atoms with Gasteiger partial charge in [-0.25, -0.2) is 13.2 Å². The highest BCUT2D eigenvalue weighted by Gasteiger charge is 2.32. The summed E-state index contributed by atoms with van der Waals surface area (Å²) in [5.41, 5.74) is 1.27. The molecule has 2 heterocycles. The van der Waals surface area contributed by atoms with Gasteiger partial charge in [-0.1, -0.05) is 13.3 Å². The number of methoxy groups -OCH3 is 2. The number of esters is 1. The van der Waals surface area contributed by atoms with Crippen molar-refractivity contribution in [3.8, 4) is 11.5 Å². The molecule has 0 saturated carbocycles. The number of hydrogen-bond donors (Lipinski definition) is 0. The molecule has 1 fully saturated rings. The summed E-state index contributed by atoms with van der Waals surface area (Å²) in [5.74, 6) is 0.414. The number of rotatable bonds is 9. The Hall–Kier alpha value is -2.59. The zero-order valence-electron chi connectivity index (χ0n) is 19.0. The van der Waals surface area contributed by atoms with E-state index in [1.54, 1.807) is 19.1 Å². The van der Waals surface area contributed by atoms with E-state index in [1.165, 1.54) is 30.7 Å². The molecule has 0 amide bonds. The van der Waals surface area contributed by atoms with Crippen molar-refractivity contribution in [3.63, 3.8) is 0 Å². The summed E-state index contributed by atoms with van der Waals surface area (Å²) in [4.78, 5) is 12.3. The fourth-order valence-corrected chi connectivity index (χ4v) is 5.44. The minimum absolute atomic E-state index is 0.0246. The molecule has 0 N–H and O–H groups in total. The van der Waals surface area contributed by atoms with Gasteiger partial charge in [0.1, 0.15) is 0 Å². The summed E-state index contributed by atoms with van der Waals surface area (Å²) in [7, 11) is -0.686. The first-order chi connectivity index (χ1) is 15.3. The summed E-state index contributed by atoms with van der Waals surface area (Å²) in [6, 6.07) is 6.42. The first kappa shape index (κ1) is 24.1. The monoisotopic (exact) mass is 465 g/mol. The lowest BCUT2D eigenvalue weighted by Gasteiger charge is -2.32. The first-order valence-electron chi connectivity index (χ1n) is 10.8. The van der Waals surface area contributed by atoms with Crippen LogP contribution in [-0.4, -0.2) is 62.4 Å². The third-order valence-corrected chi connectivity index (χ3v) is 7.46. The summed E-state index contributed by atoms with van der Waals surface area (Å²) in [5, 5.41) is 4.50. The van der Waals surface area contributed by atoms with Gasteiger partial charge in [0.2, 0.25) is 10.0 Å². The van der Waals surface area contributed by atoms with Gasteiger partial charge in [-0.2, -0.15) is 9.40 Å². The molecular formula is C22H31N3O6S. The zero-order valence-corrected chi connectivity index (χ0v) is 19.9. The molecule has 2 aromatic rings. The number of carbonyl (C=O) groups excluding carboxylic acids is 1. The lowest BCUT2D eigenvalue weighted by Crippen LogP contribution is -2.39. The van der Waals surface area contributed by atoms with Gasteiger partial charge in [0.25, 0.3) is 0 Å². The molecule has 0 aliphatic carbocycles. The number of benzene rings is 1. The van der Waals surface area contributed by atoms with Gasteiger partial charge < -0.3 is 14.2 Å². The molecule has 176 valence electrons. The lowest BCUT2D eigenvalue weighted by atomic mass is 10.1. The third-order valence-electron chi connectivity index (χ3n) is 5.57. The number of nitrogens with zero attached hydrogens (tertiary/aromatic N) is 3. The van der Waals surface area contributed by atoms with Crippen molar-refractivity contribution in [1.29, 1.82) is 0 Å². The van der Waals surface area contributed by atoms with Gasteiger partial charge in [-0.3, -0.25) is 4.68 Å². The maximum atomic E-state index is 13.2. The predicted octanol–water partition coefficient (Wildman–Crippen LogP) is 3.06. The number of carbonyl (C=O) groups is 1. The average molecular weight is 466 g/mol. The summed E-state index contributed by atoms with van der Waals surface area (Å²) in [6.07, 6.45) is 2.91. The molecule has 1 saturated heterocycles. The minimum Gasteiger partial charge on any atom is -0.493 e. The van der Waals surface area contributed by atoms with Crippen molar-refractivity contribution in [2.45, 2.75) is 50.5 Å². The number of aryl methyl sites for hydroxylation is 1. The Morgan fingerprint density at radius 3 is 2.38 bits per heavy atom. The van der Waals surface area contributed by atoms with E-state index >= 15 is 0 Å². The van der Waals surface area contributed by atoms with Crippen LogP contribution in [0.5, 0.6) is 11.5 Å². The Labute approximate surface area is 189 Å². The molecule has 1 aliphatic heterocycles. The Morgan fingerprint density at radius 1 is 1.09 bits per heavy atom.